The van der Waals surface area contributed by atoms with Gasteiger partial charge in [0.2, 0.25) is 0 Å². The lowest BCUT2D eigenvalue weighted by Crippen LogP contribution is -2.00. The van der Waals surface area contributed by atoms with Crippen LogP contribution in [0.4, 0.5) is 0 Å². The van der Waals surface area contributed by atoms with Crippen LogP contribution in [0.15, 0.2) is 60.7 Å². The molecule has 3 aromatic carbocycles. The van der Waals surface area contributed by atoms with E-state index in [4.69, 9.17) is 4.74 Å². The van der Waals surface area contributed by atoms with E-state index >= 15 is 0 Å². The second-order valence-corrected chi connectivity index (χ2v) is 6.12. The number of aromatic carboxylic acids is 1. The van der Waals surface area contributed by atoms with Crippen molar-refractivity contribution in [3.8, 4) is 28.0 Å². The van der Waals surface area contributed by atoms with Crippen molar-refractivity contribution in [2.75, 3.05) is 7.11 Å². The average Bonchev–Trinajstić information content (AvgIpc) is 2.61. The summed E-state index contributed by atoms with van der Waals surface area (Å²) in [6.07, 6.45) is 0. The first-order valence-electron chi connectivity index (χ1n) is 8.09. The smallest absolute Gasteiger partial charge is 0.336 e. The molecule has 126 valence electrons. The molecule has 0 radical (unpaired) electrons. The molecule has 0 aliphatic carbocycles. The van der Waals surface area contributed by atoms with Gasteiger partial charge in [-0.3, -0.25) is 0 Å². The summed E-state index contributed by atoms with van der Waals surface area (Å²) in [7, 11) is 1.53. The van der Waals surface area contributed by atoms with Crippen molar-refractivity contribution in [3.05, 3.63) is 77.4 Å². The summed E-state index contributed by atoms with van der Waals surface area (Å²) in [5.74, 6) is -0.427. The fraction of sp³-hybridized carbons (Fsp3) is 0.136. The highest BCUT2D eigenvalue weighted by atomic mass is 16.5. The second-order valence-electron chi connectivity index (χ2n) is 6.12. The van der Waals surface area contributed by atoms with Gasteiger partial charge in [0, 0.05) is 0 Å². The highest BCUT2D eigenvalue weighted by molar-refractivity contribution is 5.96. The summed E-state index contributed by atoms with van der Waals surface area (Å²) < 4.78 is 5.14. The van der Waals surface area contributed by atoms with Crippen molar-refractivity contribution in [3.63, 3.8) is 0 Å². The predicted octanol–water partition coefficient (Wildman–Crippen LogP) is 5.34. The van der Waals surface area contributed by atoms with Crippen LogP contribution in [0, 0.1) is 13.8 Å². The highest BCUT2D eigenvalue weighted by Crippen LogP contribution is 2.32. The molecule has 0 spiro atoms. The Morgan fingerprint density at radius 2 is 1.60 bits per heavy atom. The molecule has 0 amide bonds. The fourth-order valence-electron chi connectivity index (χ4n) is 3.05. The molecular weight excluding hydrogens is 312 g/mol. The molecule has 0 aliphatic heterocycles. The van der Waals surface area contributed by atoms with Crippen molar-refractivity contribution < 1.29 is 14.6 Å². The van der Waals surface area contributed by atoms with Crippen molar-refractivity contribution in [1.82, 2.24) is 0 Å². The average molecular weight is 332 g/mol. The van der Waals surface area contributed by atoms with Crippen LogP contribution in [0.25, 0.3) is 22.3 Å². The van der Waals surface area contributed by atoms with Gasteiger partial charge in [0.25, 0.3) is 0 Å². The van der Waals surface area contributed by atoms with E-state index in [1.165, 1.54) is 12.7 Å². The van der Waals surface area contributed by atoms with E-state index in [0.717, 1.165) is 22.3 Å². The summed E-state index contributed by atoms with van der Waals surface area (Å²) in [6.45, 7) is 4.12. The van der Waals surface area contributed by atoms with Gasteiger partial charge in [-0.25, -0.2) is 4.79 Å². The Hall–Kier alpha value is -3.07. The Morgan fingerprint density at radius 3 is 2.24 bits per heavy atom. The number of rotatable bonds is 4. The van der Waals surface area contributed by atoms with Gasteiger partial charge >= 0.3 is 5.97 Å². The molecule has 3 aromatic rings. The number of carboxylic acid groups (broad SMARTS) is 1. The van der Waals surface area contributed by atoms with Gasteiger partial charge in [-0.05, 0) is 59.9 Å². The second kappa shape index (κ2) is 6.81. The third kappa shape index (κ3) is 3.41. The standard InChI is InChI=1S/C22H20O3/c1-14-5-4-6-16(11-14)19-9-7-17(12-15(19)2)20-10-8-18(25-3)13-21(20)22(23)24/h4-13H,1-3H3,(H,23,24). The van der Waals surface area contributed by atoms with Gasteiger partial charge in [0.05, 0.1) is 12.7 Å². The number of aryl methyl sites for hydroxylation is 2. The zero-order valence-corrected chi connectivity index (χ0v) is 14.5. The lowest BCUT2D eigenvalue weighted by atomic mass is 9.93. The van der Waals surface area contributed by atoms with Crippen molar-refractivity contribution >= 4 is 5.97 Å². The predicted molar refractivity (Wildman–Crippen MR) is 100 cm³/mol. The molecule has 0 saturated carbocycles. The zero-order chi connectivity index (χ0) is 18.0. The van der Waals surface area contributed by atoms with Crippen LogP contribution in [0.5, 0.6) is 5.75 Å². The molecule has 3 heteroatoms. The van der Waals surface area contributed by atoms with Gasteiger partial charge in [-0.2, -0.15) is 0 Å². The molecule has 0 aromatic heterocycles. The van der Waals surface area contributed by atoms with Crippen LogP contribution >= 0.6 is 0 Å². The van der Waals surface area contributed by atoms with Gasteiger partial charge < -0.3 is 9.84 Å². The number of carboxylic acids is 1. The van der Waals surface area contributed by atoms with Crippen LogP contribution < -0.4 is 4.74 Å². The summed E-state index contributed by atoms with van der Waals surface area (Å²) in [6, 6.07) is 19.5. The topological polar surface area (TPSA) is 46.5 Å². The van der Waals surface area contributed by atoms with Gasteiger partial charge in [0.15, 0.2) is 0 Å². The number of benzene rings is 3. The minimum Gasteiger partial charge on any atom is -0.497 e. The molecule has 0 aliphatic rings. The van der Waals surface area contributed by atoms with Crippen LogP contribution in [-0.2, 0) is 0 Å². The SMILES string of the molecule is COc1ccc(-c2ccc(-c3cccc(C)c3)c(C)c2)c(C(=O)O)c1. The maximum absolute atomic E-state index is 11.6. The molecule has 3 nitrogen and oxygen atoms in total. The monoisotopic (exact) mass is 332 g/mol. The number of hydrogen-bond acceptors (Lipinski definition) is 2. The van der Waals surface area contributed by atoms with Gasteiger partial charge in [0.1, 0.15) is 5.75 Å². The Labute approximate surface area is 147 Å². The van der Waals surface area contributed by atoms with Crippen molar-refractivity contribution in [2.45, 2.75) is 13.8 Å². The van der Waals surface area contributed by atoms with Crippen molar-refractivity contribution in [2.24, 2.45) is 0 Å². The highest BCUT2D eigenvalue weighted by Gasteiger charge is 2.14. The van der Waals surface area contributed by atoms with E-state index in [2.05, 4.69) is 31.2 Å². The third-order valence-electron chi connectivity index (χ3n) is 4.32. The number of hydrogen-bond donors (Lipinski definition) is 1. The molecule has 0 atom stereocenters. The van der Waals surface area contributed by atoms with E-state index < -0.39 is 5.97 Å². The van der Waals surface area contributed by atoms with E-state index in [0.29, 0.717) is 11.3 Å². The van der Waals surface area contributed by atoms with E-state index in [1.54, 1.807) is 18.2 Å². The quantitative estimate of drug-likeness (QED) is 0.701. The molecule has 0 bridgehead atoms. The first kappa shape index (κ1) is 16.8. The molecule has 3 rings (SSSR count). The molecule has 0 saturated heterocycles. The lowest BCUT2D eigenvalue weighted by molar-refractivity contribution is 0.0697. The molecule has 1 N–H and O–H groups in total. The lowest BCUT2D eigenvalue weighted by Gasteiger charge is -2.12. The Balaban J connectivity index is 2.08. The van der Waals surface area contributed by atoms with Gasteiger partial charge in [-0.1, -0.05) is 48.0 Å². The van der Waals surface area contributed by atoms with Crippen LogP contribution in [0.3, 0.4) is 0 Å². The van der Waals surface area contributed by atoms with Crippen LogP contribution in [-0.4, -0.2) is 18.2 Å². The first-order chi connectivity index (χ1) is 12.0. The maximum Gasteiger partial charge on any atom is 0.336 e. The van der Waals surface area contributed by atoms with E-state index in [9.17, 15) is 9.90 Å². The van der Waals surface area contributed by atoms with Crippen LogP contribution in [0.1, 0.15) is 21.5 Å². The molecule has 25 heavy (non-hydrogen) atoms. The zero-order valence-electron chi connectivity index (χ0n) is 14.5. The Bertz CT molecular complexity index is 942. The normalized spacial score (nSPS) is 10.5. The first-order valence-corrected chi connectivity index (χ1v) is 8.09. The van der Waals surface area contributed by atoms with E-state index in [-0.39, 0.29) is 5.56 Å². The third-order valence-corrected chi connectivity index (χ3v) is 4.32. The maximum atomic E-state index is 11.6. The van der Waals surface area contributed by atoms with Crippen LogP contribution in [0.2, 0.25) is 0 Å². The fourth-order valence-corrected chi connectivity index (χ4v) is 3.05. The molecule has 0 fully saturated rings. The molecule has 0 unspecified atom stereocenters. The Kier molecular flexibility index (Phi) is 4.57. The largest absolute Gasteiger partial charge is 0.497 e. The number of methoxy groups -OCH3 is 1. The summed E-state index contributed by atoms with van der Waals surface area (Å²) >= 11 is 0. The number of ether oxygens (including phenoxy) is 1. The minimum atomic E-state index is -0.964. The summed E-state index contributed by atoms with van der Waals surface area (Å²) in [4.78, 5) is 11.6. The number of carbonyl (C=O) groups is 1. The Morgan fingerprint density at radius 1 is 0.880 bits per heavy atom. The summed E-state index contributed by atoms with van der Waals surface area (Å²) in [5, 5.41) is 9.52. The van der Waals surface area contributed by atoms with Crippen molar-refractivity contribution in [1.29, 1.82) is 0 Å². The molecule has 0 heterocycles. The minimum absolute atomic E-state index is 0.238. The summed E-state index contributed by atoms with van der Waals surface area (Å²) in [5.41, 5.74) is 6.44. The van der Waals surface area contributed by atoms with Gasteiger partial charge in [-0.15, -0.1) is 0 Å². The van der Waals surface area contributed by atoms with E-state index in [1.807, 2.05) is 25.1 Å². The molecular formula is C22H20O3.